The summed E-state index contributed by atoms with van der Waals surface area (Å²) in [5.74, 6) is 1.33. The predicted octanol–water partition coefficient (Wildman–Crippen LogP) is 4.49. The highest BCUT2D eigenvalue weighted by Crippen LogP contribution is 2.32. The molecule has 2 aromatic heterocycles. The number of fused-ring (bicyclic) bond motifs is 1. The standard InChI is InChI=1S/C26H33N7O3S/c34-20-7-4-17(5-8-20)27-24-28-18(16-32-10-2-1-3-11-32)14-23(30-24)31-25-29-21-9-6-19(15-22(21)37-25)33-12-13-36-26(33)35/h6,9,14-15,17,20,34H,1-5,7-8,10-13,16H2,(H2,27,28,29,30,31)/t17-,20-. The number of aromatic nitrogens is 3. The van der Waals surface area contributed by atoms with Crippen LogP contribution < -0.4 is 15.5 Å². The zero-order valence-electron chi connectivity index (χ0n) is 20.9. The van der Waals surface area contributed by atoms with Gasteiger partial charge in [0, 0.05) is 24.3 Å². The number of aliphatic hydroxyl groups excluding tert-OH is 1. The lowest BCUT2D eigenvalue weighted by Crippen LogP contribution is -2.30. The fourth-order valence-electron chi connectivity index (χ4n) is 5.33. The van der Waals surface area contributed by atoms with Gasteiger partial charge in [0.05, 0.1) is 28.6 Å². The van der Waals surface area contributed by atoms with E-state index in [0.29, 0.717) is 24.9 Å². The van der Waals surface area contributed by atoms with E-state index in [-0.39, 0.29) is 18.2 Å². The van der Waals surface area contributed by atoms with Crippen LogP contribution in [0.5, 0.6) is 0 Å². The zero-order valence-corrected chi connectivity index (χ0v) is 21.7. The van der Waals surface area contributed by atoms with E-state index in [4.69, 9.17) is 19.7 Å². The summed E-state index contributed by atoms with van der Waals surface area (Å²) >= 11 is 1.53. The fraction of sp³-hybridized carbons (Fsp3) is 0.538. The van der Waals surface area contributed by atoms with Crippen molar-refractivity contribution in [2.24, 2.45) is 0 Å². The molecule has 1 aliphatic carbocycles. The Labute approximate surface area is 220 Å². The molecule has 1 aromatic carbocycles. The van der Waals surface area contributed by atoms with Crippen LogP contribution >= 0.6 is 11.3 Å². The Morgan fingerprint density at radius 2 is 1.86 bits per heavy atom. The van der Waals surface area contributed by atoms with Gasteiger partial charge in [-0.2, -0.15) is 4.98 Å². The molecular weight excluding hydrogens is 490 g/mol. The van der Waals surface area contributed by atoms with Gasteiger partial charge in [-0.1, -0.05) is 17.8 Å². The number of carbonyl (C=O) groups excluding carboxylic acids is 1. The van der Waals surface area contributed by atoms with Gasteiger partial charge in [0.25, 0.3) is 0 Å². The van der Waals surface area contributed by atoms with Crippen LogP contribution in [0.4, 0.5) is 27.4 Å². The van der Waals surface area contributed by atoms with Crippen molar-refractivity contribution in [3.8, 4) is 0 Å². The van der Waals surface area contributed by atoms with Gasteiger partial charge in [0.15, 0.2) is 5.13 Å². The molecule has 1 saturated carbocycles. The number of rotatable bonds is 7. The number of cyclic esters (lactones) is 1. The lowest BCUT2D eigenvalue weighted by molar-refractivity contribution is 0.126. The minimum Gasteiger partial charge on any atom is -0.447 e. The number of ether oxygens (including phenoxy) is 1. The normalized spacial score (nSPS) is 22.8. The Morgan fingerprint density at radius 3 is 2.65 bits per heavy atom. The van der Waals surface area contributed by atoms with Gasteiger partial charge in [-0.15, -0.1) is 0 Å². The van der Waals surface area contributed by atoms with Crippen molar-refractivity contribution in [1.82, 2.24) is 19.9 Å². The predicted molar refractivity (Wildman–Crippen MR) is 145 cm³/mol. The summed E-state index contributed by atoms with van der Waals surface area (Å²) in [6.45, 7) is 3.97. The summed E-state index contributed by atoms with van der Waals surface area (Å²) in [6, 6.07) is 8.10. The molecule has 3 aliphatic rings. The third-order valence-corrected chi connectivity index (χ3v) is 8.26. The van der Waals surface area contributed by atoms with Crippen LogP contribution in [0.3, 0.4) is 0 Å². The molecule has 1 amide bonds. The SMILES string of the molecule is O=C1OCCN1c1ccc2nc(Nc3cc(CN4CCCCC4)nc(N[C@H]4CC[C@H](O)CC4)n3)sc2c1. The number of amides is 1. The highest BCUT2D eigenvalue weighted by molar-refractivity contribution is 7.22. The average molecular weight is 524 g/mol. The highest BCUT2D eigenvalue weighted by Gasteiger charge is 2.24. The van der Waals surface area contributed by atoms with Crippen molar-refractivity contribution in [3.63, 3.8) is 0 Å². The summed E-state index contributed by atoms with van der Waals surface area (Å²) < 4.78 is 6.07. The first-order chi connectivity index (χ1) is 18.1. The van der Waals surface area contributed by atoms with Crippen LogP contribution in [0.25, 0.3) is 10.2 Å². The van der Waals surface area contributed by atoms with E-state index in [1.807, 2.05) is 24.3 Å². The molecule has 2 saturated heterocycles. The van der Waals surface area contributed by atoms with Gasteiger partial charge < -0.3 is 20.5 Å². The molecule has 196 valence electrons. The van der Waals surface area contributed by atoms with E-state index in [9.17, 15) is 9.90 Å². The van der Waals surface area contributed by atoms with E-state index >= 15 is 0 Å². The van der Waals surface area contributed by atoms with Gasteiger partial charge >= 0.3 is 6.09 Å². The largest absolute Gasteiger partial charge is 0.447 e. The van der Waals surface area contributed by atoms with Gasteiger partial charge in [-0.3, -0.25) is 9.80 Å². The van der Waals surface area contributed by atoms with Crippen molar-refractivity contribution >= 4 is 50.2 Å². The minimum absolute atomic E-state index is 0.197. The molecule has 0 spiro atoms. The van der Waals surface area contributed by atoms with E-state index in [2.05, 4.69) is 15.5 Å². The molecule has 2 aliphatic heterocycles. The molecule has 6 rings (SSSR count). The van der Waals surface area contributed by atoms with Crippen LogP contribution in [-0.4, -0.2) is 69.4 Å². The number of thiazole rings is 1. The minimum atomic E-state index is -0.308. The molecule has 0 atom stereocenters. The molecule has 0 unspecified atom stereocenters. The molecule has 3 fully saturated rings. The smallest absolute Gasteiger partial charge is 0.414 e. The second-order valence-electron chi connectivity index (χ2n) is 10.1. The van der Waals surface area contributed by atoms with E-state index in [0.717, 1.165) is 72.0 Å². The molecule has 10 nitrogen and oxygen atoms in total. The average Bonchev–Trinajstić information content (AvgIpc) is 3.50. The summed E-state index contributed by atoms with van der Waals surface area (Å²) in [7, 11) is 0. The van der Waals surface area contributed by atoms with Crippen LogP contribution in [0.15, 0.2) is 24.3 Å². The van der Waals surface area contributed by atoms with Crippen LogP contribution in [-0.2, 0) is 11.3 Å². The van der Waals surface area contributed by atoms with Crippen molar-refractivity contribution in [2.45, 2.75) is 63.6 Å². The number of nitrogens with one attached hydrogen (secondary N) is 2. The van der Waals surface area contributed by atoms with E-state index in [1.165, 1.54) is 30.6 Å². The van der Waals surface area contributed by atoms with Crippen LogP contribution in [0.1, 0.15) is 50.6 Å². The molecule has 0 radical (unpaired) electrons. The second-order valence-corrected chi connectivity index (χ2v) is 11.1. The molecule has 11 heteroatoms. The summed E-state index contributed by atoms with van der Waals surface area (Å²) in [6.07, 6.45) is 6.68. The summed E-state index contributed by atoms with van der Waals surface area (Å²) in [5.41, 5.74) is 2.67. The Balaban J connectivity index is 1.23. The molecule has 37 heavy (non-hydrogen) atoms. The number of aliphatic hydroxyl groups is 1. The van der Waals surface area contributed by atoms with Crippen LogP contribution in [0.2, 0.25) is 0 Å². The van der Waals surface area contributed by atoms with Crippen molar-refractivity contribution in [3.05, 3.63) is 30.0 Å². The number of nitrogens with zero attached hydrogens (tertiary/aromatic N) is 5. The van der Waals surface area contributed by atoms with Gasteiger partial charge in [0.1, 0.15) is 12.4 Å². The number of hydrogen-bond acceptors (Lipinski definition) is 10. The van der Waals surface area contributed by atoms with Crippen molar-refractivity contribution in [2.75, 3.05) is 41.8 Å². The van der Waals surface area contributed by atoms with Crippen molar-refractivity contribution in [1.29, 1.82) is 0 Å². The Hall–Kier alpha value is -3.02. The number of likely N-dealkylation sites (tertiary alicyclic amines) is 1. The molecular formula is C26H33N7O3S. The first-order valence-electron chi connectivity index (χ1n) is 13.3. The van der Waals surface area contributed by atoms with E-state index in [1.54, 1.807) is 4.90 Å². The topological polar surface area (TPSA) is 116 Å². The Kier molecular flexibility index (Phi) is 7.08. The van der Waals surface area contributed by atoms with Gasteiger partial charge in [-0.05, 0) is 69.8 Å². The third-order valence-electron chi connectivity index (χ3n) is 7.32. The van der Waals surface area contributed by atoms with E-state index < -0.39 is 0 Å². The fourth-order valence-corrected chi connectivity index (χ4v) is 6.23. The number of hydrogen-bond donors (Lipinski definition) is 3. The van der Waals surface area contributed by atoms with Gasteiger partial charge in [0.2, 0.25) is 5.95 Å². The number of benzene rings is 1. The molecule has 3 aromatic rings. The monoisotopic (exact) mass is 523 g/mol. The first kappa shape index (κ1) is 24.3. The summed E-state index contributed by atoms with van der Waals surface area (Å²) in [4.78, 5) is 30.4. The molecule has 3 N–H and O–H groups in total. The molecule has 4 heterocycles. The number of carbonyl (C=O) groups is 1. The molecule has 0 bridgehead atoms. The third kappa shape index (κ3) is 5.78. The summed E-state index contributed by atoms with van der Waals surface area (Å²) in [5, 5.41) is 17.5. The lowest BCUT2D eigenvalue weighted by Gasteiger charge is -2.27. The van der Waals surface area contributed by atoms with Crippen LogP contribution in [0, 0.1) is 0 Å². The maximum atomic E-state index is 12.0. The first-order valence-corrected chi connectivity index (χ1v) is 14.1. The van der Waals surface area contributed by atoms with Gasteiger partial charge in [-0.25, -0.2) is 14.8 Å². The number of anilines is 4. The second kappa shape index (κ2) is 10.8. The Bertz CT molecular complexity index is 1250. The van der Waals surface area contributed by atoms with Crippen molar-refractivity contribution < 1.29 is 14.6 Å². The zero-order chi connectivity index (χ0) is 25.2. The maximum absolute atomic E-state index is 12.0. The Morgan fingerprint density at radius 1 is 1.03 bits per heavy atom. The quantitative estimate of drug-likeness (QED) is 0.412. The lowest BCUT2D eigenvalue weighted by atomic mass is 9.93. The maximum Gasteiger partial charge on any atom is 0.414 e. The number of piperidine rings is 1. The highest BCUT2D eigenvalue weighted by atomic mass is 32.1.